The Hall–Kier alpha value is -4.01. The molecule has 0 saturated heterocycles. The molecular formula is C29H25ClN4O3S. The van der Waals surface area contributed by atoms with Crippen molar-refractivity contribution in [1.82, 2.24) is 14.5 Å². The highest BCUT2D eigenvalue weighted by atomic mass is 35.5. The monoisotopic (exact) mass is 544 g/mol. The molecule has 38 heavy (non-hydrogen) atoms. The van der Waals surface area contributed by atoms with Gasteiger partial charge in [0.2, 0.25) is 5.91 Å². The van der Waals surface area contributed by atoms with Crippen molar-refractivity contribution >= 4 is 51.0 Å². The first-order valence-corrected chi connectivity index (χ1v) is 13.3. The Labute approximate surface area is 229 Å². The molecule has 1 amide bonds. The summed E-state index contributed by atoms with van der Waals surface area (Å²) in [6.07, 6.45) is 3.88. The summed E-state index contributed by atoms with van der Waals surface area (Å²) in [6.45, 7) is 0. The fraction of sp³-hybridized carbons (Fsp3) is 0.172. The van der Waals surface area contributed by atoms with Crippen LogP contribution in [0.5, 0.6) is 0 Å². The van der Waals surface area contributed by atoms with Crippen LogP contribution in [0.15, 0.2) is 78.4 Å². The molecule has 192 valence electrons. The number of carbonyl (C=O) groups excluding carboxylic acids is 1. The summed E-state index contributed by atoms with van der Waals surface area (Å²) in [4.78, 5) is 35.8. The van der Waals surface area contributed by atoms with Gasteiger partial charge in [-0.05, 0) is 41.8 Å². The zero-order valence-corrected chi connectivity index (χ0v) is 22.4. The van der Waals surface area contributed by atoms with Gasteiger partial charge in [0.1, 0.15) is 5.65 Å². The Kier molecular flexibility index (Phi) is 7.26. The predicted molar refractivity (Wildman–Crippen MR) is 152 cm³/mol. The third-order valence-corrected chi connectivity index (χ3v) is 7.63. The van der Waals surface area contributed by atoms with Gasteiger partial charge in [0.05, 0.1) is 18.0 Å². The minimum atomic E-state index is -1.01. The van der Waals surface area contributed by atoms with E-state index in [1.807, 2.05) is 84.0 Å². The normalized spacial score (nSPS) is 12.0. The van der Waals surface area contributed by atoms with Gasteiger partial charge in [-0.3, -0.25) is 14.5 Å². The lowest BCUT2D eigenvalue weighted by atomic mass is 9.95. The van der Waals surface area contributed by atoms with Gasteiger partial charge in [-0.1, -0.05) is 48.0 Å². The van der Waals surface area contributed by atoms with Crippen LogP contribution >= 0.6 is 22.9 Å². The van der Waals surface area contributed by atoms with E-state index in [-0.39, 0.29) is 12.3 Å². The van der Waals surface area contributed by atoms with Crippen molar-refractivity contribution in [2.45, 2.75) is 12.8 Å². The number of halogens is 1. The number of hydrogen-bond donors (Lipinski definition) is 1. The lowest BCUT2D eigenvalue weighted by molar-refractivity contribution is -0.140. The standard InChI is InChI=1S/C29H25ClN4O3S/c1-33-11-10-19-13-21(16-31-27(19)33)23-9-8-22(30)15-24(23)25-17-38-29(32-25)34(2)28(37)20(14-26(35)36)12-18-6-4-3-5-7-18/h3-11,13,15-17,20H,12,14H2,1-2H3,(H,35,36). The summed E-state index contributed by atoms with van der Waals surface area (Å²) < 4.78 is 1.97. The van der Waals surface area contributed by atoms with Gasteiger partial charge in [0, 0.05) is 53.4 Å². The van der Waals surface area contributed by atoms with E-state index in [2.05, 4.69) is 11.1 Å². The van der Waals surface area contributed by atoms with Gasteiger partial charge in [-0.25, -0.2) is 9.97 Å². The van der Waals surface area contributed by atoms with Crippen LogP contribution < -0.4 is 4.90 Å². The molecule has 5 rings (SSSR count). The third kappa shape index (κ3) is 5.32. The first-order chi connectivity index (χ1) is 18.3. The largest absolute Gasteiger partial charge is 0.481 e. The number of benzene rings is 2. The number of hydrogen-bond acceptors (Lipinski definition) is 5. The molecule has 1 N–H and O–H groups in total. The molecule has 0 fully saturated rings. The molecular weight excluding hydrogens is 520 g/mol. The molecule has 0 saturated carbocycles. The molecule has 2 aromatic carbocycles. The highest BCUT2D eigenvalue weighted by molar-refractivity contribution is 7.14. The van der Waals surface area contributed by atoms with Crippen LogP contribution in [0, 0.1) is 5.92 Å². The molecule has 0 bridgehead atoms. The number of rotatable bonds is 8. The van der Waals surface area contributed by atoms with Gasteiger partial charge < -0.3 is 9.67 Å². The summed E-state index contributed by atoms with van der Waals surface area (Å²) in [7, 11) is 3.59. The third-order valence-electron chi connectivity index (χ3n) is 6.48. The summed E-state index contributed by atoms with van der Waals surface area (Å²) in [5, 5.41) is 13.4. The van der Waals surface area contributed by atoms with E-state index in [9.17, 15) is 14.7 Å². The summed E-state index contributed by atoms with van der Waals surface area (Å²) >= 11 is 7.70. The molecule has 0 aliphatic rings. The van der Waals surface area contributed by atoms with Crippen LogP contribution in [0.3, 0.4) is 0 Å². The summed E-state index contributed by atoms with van der Waals surface area (Å²) in [6, 6.07) is 19.2. The molecule has 3 aromatic heterocycles. The summed E-state index contributed by atoms with van der Waals surface area (Å²) in [5.41, 5.74) is 5.15. The minimum absolute atomic E-state index is 0.260. The van der Waals surface area contributed by atoms with Gasteiger partial charge in [0.15, 0.2) is 5.13 Å². The predicted octanol–water partition coefficient (Wildman–Crippen LogP) is 6.31. The maximum atomic E-state index is 13.4. The zero-order valence-electron chi connectivity index (χ0n) is 20.8. The van der Waals surface area contributed by atoms with Crippen LogP contribution in [0.25, 0.3) is 33.4 Å². The van der Waals surface area contributed by atoms with Gasteiger partial charge in [0.25, 0.3) is 0 Å². The number of pyridine rings is 1. The number of aromatic nitrogens is 3. The van der Waals surface area contributed by atoms with E-state index >= 15 is 0 Å². The molecule has 9 heteroatoms. The van der Waals surface area contributed by atoms with Gasteiger partial charge >= 0.3 is 5.97 Å². The van der Waals surface area contributed by atoms with Crippen molar-refractivity contribution in [3.63, 3.8) is 0 Å². The molecule has 0 aliphatic carbocycles. The van der Waals surface area contributed by atoms with Crippen LogP contribution in [0.1, 0.15) is 12.0 Å². The number of carboxylic acid groups (broad SMARTS) is 1. The maximum absolute atomic E-state index is 13.4. The van der Waals surface area contributed by atoms with E-state index in [1.54, 1.807) is 7.05 Å². The van der Waals surface area contributed by atoms with Crippen molar-refractivity contribution in [2.75, 3.05) is 11.9 Å². The van der Waals surface area contributed by atoms with E-state index < -0.39 is 11.9 Å². The highest BCUT2D eigenvalue weighted by Crippen LogP contribution is 2.37. The average Bonchev–Trinajstić information content (AvgIpc) is 3.55. The quantitative estimate of drug-likeness (QED) is 0.247. The number of anilines is 1. The number of carbonyl (C=O) groups is 2. The average molecular weight is 545 g/mol. The van der Waals surface area contributed by atoms with Crippen LogP contribution in [0.4, 0.5) is 5.13 Å². The van der Waals surface area contributed by atoms with Gasteiger partial charge in [-0.2, -0.15) is 0 Å². The molecule has 1 unspecified atom stereocenters. The summed E-state index contributed by atoms with van der Waals surface area (Å²) in [5.74, 6) is -2.01. The fourth-order valence-corrected chi connectivity index (χ4v) is 5.52. The van der Waals surface area contributed by atoms with Gasteiger partial charge in [-0.15, -0.1) is 11.3 Å². The minimum Gasteiger partial charge on any atom is -0.481 e. The second-order valence-corrected chi connectivity index (χ2v) is 10.4. The van der Waals surface area contributed by atoms with Crippen molar-refractivity contribution in [3.05, 3.63) is 89.0 Å². The Morgan fingerprint density at radius 3 is 2.66 bits per heavy atom. The van der Waals surface area contributed by atoms with Crippen LogP contribution in [-0.2, 0) is 23.1 Å². The molecule has 3 heterocycles. The van der Waals surface area contributed by atoms with E-state index in [1.165, 1.54) is 16.2 Å². The van der Waals surface area contributed by atoms with Crippen molar-refractivity contribution in [3.8, 4) is 22.4 Å². The van der Waals surface area contributed by atoms with Crippen molar-refractivity contribution < 1.29 is 14.7 Å². The van der Waals surface area contributed by atoms with Crippen molar-refractivity contribution in [2.24, 2.45) is 13.0 Å². The number of carboxylic acids is 1. The zero-order chi connectivity index (χ0) is 26.8. The lowest BCUT2D eigenvalue weighted by Crippen LogP contribution is -2.35. The van der Waals surface area contributed by atoms with Crippen LogP contribution in [-0.4, -0.2) is 38.6 Å². The van der Waals surface area contributed by atoms with E-state index in [0.717, 1.165) is 33.3 Å². The van der Waals surface area contributed by atoms with E-state index in [0.29, 0.717) is 22.3 Å². The van der Waals surface area contributed by atoms with Crippen molar-refractivity contribution in [1.29, 1.82) is 0 Å². The number of aryl methyl sites for hydroxylation is 1. The Balaban J connectivity index is 1.45. The second-order valence-electron chi connectivity index (χ2n) is 9.15. The Morgan fingerprint density at radius 2 is 1.89 bits per heavy atom. The number of amides is 1. The molecule has 1 atom stereocenters. The first kappa shape index (κ1) is 25.6. The Bertz CT molecular complexity index is 1630. The molecule has 7 nitrogen and oxygen atoms in total. The number of aliphatic carboxylic acids is 1. The molecule has 5 aromatic rings. The topological polar surface area (TPSA) is 88.3 Å². The lowest BCUT2D eigenvalue weighted by Gasteiger charge is -2.21. The van der Waals surface area contributed by atoms with Crippen LogP contribution in [0.2, 0.25) is 5.02 Å². The number of nitrogens with zero attached hydrogens (tertiary/aromatic N) is 4. The fourth-order valence-electron chi connectivity index (χ4n) is 4.55. The SMILES string of the molecule is CN(C(=O)C(CC(=O)O)Cc1ccccc1)c1nc(-c2cc(Cl)ccc2-c2cnc3c(ccn3C)c2)cs1. The molecule has 0 aliphatic heterocycles. The number of fused-ring (bicyclic) bond motifs is 1. The maximum Gasteiger partial charge on any atom is 0.304 e. The van der Waals surface area contributed by atoms with E-state index in [4.69, 9.17) is 16.6 Å². The first-order valence-electron chi connectivity index (χ1n) is 12.0. The smallest absolute Gasteiger partial charge is 0.304 e. The highest BCUT2D eigenvalue weighted by Gasteiger charge is 2.27. The number of thiazole rings is 1. The Morgan fingerprint density at radius 1 is 1.11 bits per heavy atom. The molecule has 0 radical (unpaired) electrons. The second kappa shape index (κ2) is 10.8. The molecule has 0 spiro atoms.